The van der Waals surface area contributed by atoms with Crippen LogP contribution < -0.4 is 20.9 Å². The third-order valence-electron chi connectivity index (χ3n) is 4.81. The zero-order valence-electron chi connectivity index (χ0n) is 17.3. The van der Waals surface area contributed by atoms with Crippen LogP contribution in [0.4, 0.5) is 20.6 Å². The van der Waals surface area contributed by atoms with Gasteiger partial charge in [-0.3, -0.25) is 4.79 Å². The first-order valence-corrected chi connectivity index (χ1v) is 12.2. The quantitative estimate of drug-likeness (QED) is 0.264. The summed E-state index contributed by atoms with van der Waals surface area (Å²) in [6.07, 6.45) is 0. The zero-order valence-corrected chi connectivity index (χ0v) is 19.7. The molecule has 2 amide bonds. The van der Waals surface area contributed by atoms with Gasteiger partial charge in [0, 0.05) is 29.4 Å². The van der Waals surface area contributed by atoms with Crippen LogP contribution in [0.15, 0.2) is 57.5 Å². The van der Waals surface area contributed by atoms with Gasteiger partial charge in [-0.05, 0) is 48.5 Å². The van der Waals surface area contributed by atoms with E-state index in [2.05, 4.69) is 15.6 Å². The molecular formula is C21H16ClFN4O5S2. The molecule has 2 aromatic heterocycles. The van der Waals surface area contributed by atoms with Crippen molar-refractivity contribution in [2.75, 3.05) is 17.7 Å². The summed E-state index contributed by atoms with van der Waals surface area (Å²) < 4.78 is 41.2. The number of urea groups is 1. The molecule has 0 aliphatic heterocycles. The van der Waals surface area contributed by atoms with E-state index in [1.165, 1.54) is 24.3 Å². The number of hydrogen-bond donors (Lipinski definition) is 5. The van der Waals surface area contributed by atoms with Crippen LogP contribution in [0.3, 0.4) is 0 Å². The van der Waals surface area contributed by atoms with Crippen LogP contribution >= 0.6 is 22.9 Å². The number of aromatic nitrogens is 1. The van der Waals surface area contributed by atoms with Gasteiger partial charge in [0.25, 0.3) is 15.6 Å². The lowest BCUT2D eigenvalue weighted by molar-refractivity contribution is 0.256. The molecule has 4 rings (SSSR count). The number of nitrogens with one attached hydrogen (secondary N) is 4. The Labute approximate surface area is 201 Å². The number of sulfonamides is 1. The Morgan fingerprint density at radius 2 is 1.85 bits per heavy atom. The molecule has 4 aromatic rings. The van der Waals surface area contributed by atoms with Crippen LogP contribution in [-0.4, -0.2) is 31.6 Å². The Bertz CT molecular complexity index is 1600. The SMILES string of the molecule is CNc1ccc2c(O)c(-c3ccc(NC(=O)NS(=O)(=O)c4ccc(Cl)s4)cc3F)c(=O)[nH]c2c1. The first kappa shape index (κ1) is 23.5. The topological polar surface area (TPSA) is 140 Å². The minimum Gasteiger partial charge on any atom is -0.506 e. The van der Waals surface area contributed by atoms with Gasteiger partial charge in [0.1, 0.15) is 15.8 Å². The van der Waals surface area contributed by atoms with Crippen molar-refractivity contribution >= 4 is 61.3 Å². The van der Waals surface area contributed by atoms with E-state index in [4.69, 9.17) is 11.6 Å². The second kappa shape index (κ2) is 8.97. The fourth-order valence-electron chi connectivity index (χ4n) is 3.25. The predicted molar refractivity (Wildman–Crippen MR) is 130 cm³/mol. The van der Waals surface area contributed by atoms with Crippen LogP contribution in [0.5, 0.6) is 5.75 Å². The lowest BCUT2D eigenvalue weighted by Crippen LogP contribution is -2.34. The molecule has 0 aliphatic rings. The van der Waals surface area contributed by atoms with Gasteiger partial charge >= 0.3 is 6.03 Å². The number of anilines is 2. The zero-order chi connectivity index (χ0) is 24.6. The van der Waals surface area contributed by atoms with E-state index in [0.717, 1.165) is 17.4 Å². The Kier molecular flexibility index (Phi) is 6.21. The van der Waals surface area contributed by atoms with Gasteiger partial charge in [-0.1, -0.05) is 11.6 Å². The summed E-state index contributed by atoms with van der Waals surface area (Å²) in [5.41, 5.74) is -0.202. The molecule has 0 aliphatic carbocycles. The first-order valence-electron chi connectivity index (χ1n) is 9.55. The van der Waals surface area contributed by atoms with E-state index in [0.29, 0.717) is 16.6 Å². The van der Waals surface area contributed by atoms with E-state index in [1.54, 1.807) is 30.0 Å². The van der Waals surface area contributed by atoms with Crippen molar-refractivity contribution in [3.05, 3.63) is 69.0 Å². The van der Waals surface area contributed by atoms with Crippen LogP contribution in [0, 0.1) is 5.82 Å². The largest absolute Gasteiger partial charge is 0.506 e. The monoisotopic (exact) mass is 522 g/mol. The van der Waals surface area contributed by atoms with Crippen LogP contribution in [-0.2, 0) is 10.0 Å². The molecule has 9 nitrogen and oxygen atoms in total. The van der Waals surface area contributed by atoms with E-state index in [1.807, 2.05) is 0 Å². The van der Waals surface area contributed by atoms with Crippen molar-refractivity contribution in [2.45, 2.75) is 4.21 Å². The number of pyridine rings is 1. The van der Waals surface area contributed by atoms with Crippen molar-refractivity contribution in [2.24, 2.45) is 0 Å². The number of H-pyrrole nitrogens is 1. The normalized spacial score (nSPS) is 11.4. The van der Waals surface area contributed by atoms with Gasteiger partial charge in [0.15, 0.2) is 0 Å². The number of carbonyl (C=O) groups excluding carboxylic acids is 1. The van der Waals surface area contributed by atoms with Crippen molar-refractivity contribution in [3.63, 3.8) is 0 Å². The van der Waals surface area contributed by atoms with Gasteiger partial charge in [-0.2, -0.15) is 0 Å². The number of carbonyl (C=O) groups is 1. The summed E-state index contributed by atoms with van der Waals surface area (Å²) in [4.78, 5) is 27.3. The van der Waals surface area contributed by atoms with Crippen LogP contribution in [0.1, 0.15) is 0 Å². The Morgan fingerprint density at radius 1 is 1.12 bits per heavy atom. The van der Waals surface area contributed by atoms with Gasteiger partial charge in [0.2, 0.25) is 0 Å². The van der Waals surface area contributed by atoms with Gasteiger partial charge in [-0.25, -0.2) is 22.3 Å². The number of amides is 2. The predicted octanol–water partition coefficient (Wildman–Crippen LogP) is 4.31. The number of benzene rings is 2. The molecule has 0 unspecified atom stereocenters. The number of rotatable bonds is 5. The molecular weight excluding hydrogens is 507 g/mol. The summed E-state index contributed by atoms with van der Waals surface area (Å²) in [5, 5.41) is 16.1. The van der Waals surface area contributed by atoms with Crippen molar-refractivity contribution < 1.29 is 22.7 Å². The summed E-state index contributed by atoms with van der Waals surface area (Å²) >= 11 is 6.49. The highest BCUT2D eigenvalue weighted by molar-refractivity contribution is 7.92. The lowest BCUT2D eigenvalue weighted by Gasteiger charge is -2.12. The fourth-order valence-corrected chi connectivity index (χ4v) is 5.64. The fraction of sp³-hybridized carbons (Fsp3) is 0.0476. The lowest BCUT2D eigenvalue weighted by atomic mass is 10.0. The maximum Gasteiger partial charge on any atom is 0.333 e. The molecule has 5 N–H and O–H groups in total. The Hall–Kier alpha value is -3.61. The molecule has 2 heterocycles. The van der Waals surface area contributed by atoms with Crippen molar-refractivity contribution in [3.8, 4) is 16.9 Å². The van der Waals surface area contributed by atoms with Crippen molar-refractivity contribution in [1.29, 1.82) is 0 Å². The number of thiophene rings is 1. The highest BCUT2D eigenvalue weighted by atomic mass is 35.5. The highest BCUT2D eigenvalue weighted by Gasteiger charge is 2.21. The van der Waals surface area contributed by atoms with E-state index in [9.17, 15) is 27.5 Å². The number of hydrogen-bond acceptors (Lipinski definition) is 7. The Balaban J connectivity index is 1.61. The second-order valence-electron chi connectivity index (χ2n) is 7.00. The average molecular weight is 523 g/mol. The number of fused-ring (bicyclic) bond motifs is 1. The molecule has 0 saturated carbocycles. The minimum atomic E-state index is -4.16. The first-order chi connectivity index (χ1) is 16.1. The summed E-state index contributed by atoms with van der Waals surface area (Å²) in [5.74, 6) is -1.32. The third kappa shape index (κ3) is 4.55. The maximum absolute atomic E-state index is 14.9. The molecule has 0 fully saturated rings. The average Bonchev–Trinajstić information content (AvgIpc) is 3.21. The van der Waals surface area contributed by atoms with E-state index >= 15 is 0 Å². The molecule has 0 atom stereocenters. The number of aromatic hydroxyl groups is 1. The second-order valence-corrected chi connectivity index (χ2v) is 10.6. The number of aromatic amines is 1. The molecule has 0 radical (unpaired) electrons. The van der Waals surface area contributed by atoms with Gasteiger partial charge in [0.05, 0.1) is 15.4 Å². The summed E-state index contributed by atoms with van der Waals surface area (Å²) in [6, 6.07) is 9.73. The summed E-state index contributed by atoms with van der Waals surface area (Å²) in [6.45, 7) is 0. The van der Waals surface area contributed by atoms with Gasteiger partial charge in [-0.15, -0.1) is 11.3 Å². The highest BCUT2D eigenvalue weighted by Crippen LogP contribution is 2.35. The standard InChI is InChI=1S/C21H16ClFN4O5S2/c1-24-10-2-5-13-15(9-10)26-20(29)18(19(13)28)12-4-3-11(8-14(12)23)25-21(30)27-34(31,32)17-7-6-16(22)33-17/h2-9,24H,1H3,(H2,25,27,30)(H2,26,28,29). The van der Waals surface area contributed by atoms with Gasteiger partial charge < -0.3 is 20.7 Å². The molecule has 176 valence electrons. The molecule has 2 aromatic carbocycles. The van der Waals surface area contributed by atoms with E-state index in [-0.39, 0.29) is 25.4 Å². The smallest absolute Gasteiger partial charge is 0.333 e. The maximum atomic E-state index is 14.9. The van der Waals surface area contributed by atoms with Crippen LogP contribution in [0.25, 0.3) is 22.0 Å². The molecule has 34 heavy (non-hydrogen) atoms. The Morgan fingerprint density at radius 3 is 2.50 bits per heavy atom. The molecule has 0 saturated heterocycles. The van der Waals surface area contributed by atoms with Crippen LogP contribution in [0.2, 0.25) is 4.34 Å². The molecule has 0 spiro atoms. The molecule has 0 bridgehead atoms. The van der Waals surface area contributed by atoms with Crippen molar-refractivity contribution in [1.82, 2.24) is 9.71 Å². The molecule has 13 heteroatoms. The third-order valence-corrected chi connectivity index (χ3v) is 7.87. The summed E-state index contributed by atoms with van der Waals surface area (Å²) in [7, 11) is -2.46. The van der Waals surface area contributed by atoms with E-state index < -0.39 is 33.2 Å². The minimum absolute atomic E-state index is 0.0754. The number of halogens is 2.